The number of hydrogen-bond donors (Lipinski definition) is 3. The Hall–Kier alpha value is -1.81. The molecule has 1 amide bonds. The number of rotatable bonds is 4. The van der Waals surface area contributed by atoms with E-state index in [9.17, 15) is 4.79 Å². The number of aromatic amines is 1. The number of para-hydroxylation sites is 1. The lowest BCUT2D eigenvalue weighted by atomic mass is 10.0. The average molecular weight is 286 g/mol. The zero-order valence-electron chi connectivity index (χ0n) is 12.6. The number of likely N-dealkylation sites (tertiary alicyclic amines) is 1. The number of nitrogens with one attached hydrogen (secondary N) is 3. The Bertz CT molecular complexity index is 578. The molecule has 1 aliphatic heterocycles. The third-order valence-electron chi connectivity index (χ3n) is 4.41. The minimum absolute atomic E-state index is 0.0233. The van der Waals surface area contributed by atoms with E-state index in [1.165, 1.54) is 26.1 Å². The summed E-state index contributed by atoms with van der Waals surface area (Å²) < 4.78 is 0. The first-order valence-corrected chi connectivity index (χ1v) is 7.98. The molecule has 0 aliphatic carbocycles. The second-order valence-electron chi connectivity index (χ2n) is 6.02. The van der Waals surface area contributed by atoms with Gasteiger partial charge in [0.15, 0.2) is 0 Å². The Morgan fingerprint density at radius 3 is 2.81 bits per heavy atom. The first-order valence-electron chi connectivity index (χ1n) is 7.98. The molecule has 1 aromatic heterocycles. The van der Waals surface area contributed by atoms with Gasteiger partial charge in [0.1, 0.15) is 5.69 Å². The Labute approximate surface area is 125 Å². The van der Waals surface area contributed by atoms with Crippen LogP contribution in [0.25, 0.3) is 10.9 Å². The molecule has 0 unspecified atom stereocenters. The van der Waals surface area contributed by atoms with E-state index in [1.54, 1.807) is 4.90 Å². The van der Waals surface area contributed by atoms with Crippen LogP contribution in [0.5, 0.6) is 0 Å². The Balaban J connectivity index is 1.59. The van der Waals surface area contributed by atoms with Gasteiger partial charge < -0.3 is 15.2 Å². The first-order chi connectivity index (χ1) is 10.3. The summed E-state index contributed by atoms with van der Waals surface area (Å²) in [4.78, 5) is 17.2. The van der Waals surface area contributed by atoms with Crippen LogP contribution >= 0.6 is 0 Å². The minimum Gasteiger partial charge on any atom is -0.351 e. The maximum Gasteiger partial charge on any atom is 0.267 e. The standard InChI is InChI=1S/C17H23N3O/c1-2-9-20-10-7-14(8-11-20)18-17(21)16-12-13-5-3-4-6-15(13)19-16/h3-6,12,14,19H,2,7-11H2,1H3,(H,18,21)/p+1. The number of benzene rings is 1. The van der Waals surface area contributed by atoms with Gasteiger partial charge in [-0.25, -0.2) is 0 Å². The maximum atomic E-state index is 12.3. The number of quaternary nitrogens is 1. The van der Waals surface area contributed by atoms with Crippen LogP contribution in [0.1, 0.15) is 36.7 Å². The fourth-order valence-corrected chi connectivity index (χ4v) is 3.23. The van der Waals surface area contributed by atoms with Gasteiger partial charge in [-0.3, -0.25) is 4.79 Å². The molecule has 0 saturated carbocycles. The second kappa shape index (κ2) is 6.31. The van der Waals surface area contributed by atoms with Crippen LogP contribution < -0.4 is 10.2 Å². The van der Waals surface area contributed by atoms with E-state index >= 15 is 0 Å². The molecule has 0 spiro atoms. The Morgan fingerprint density at radius 1 is 1.33 bits per heavy atom. The highest BCUT2D eigenvalue weighted by atomic mass is 16.1. The molecule has 0 bridgehead atoms. The highest BCUT2D eigenvalue weighted by Crippen LogP contribution is 2.14. The number of H-pyrrole nitrogens is 1. The predicted molar refractivity (Wildman–Crippen MR) is 84.6 cm³/mol. The van der Waals surface area contributed by atoms with Gasteiger partial charge in [-0.1, -0.05) is 25.1 Å². The van der Waals surface area contributed by atoms with Gasteiger partial charge in [0.25, 0.3) is 5.91 Å². The van der Waals surface area contributed by atoms with Crippen molar-refractivity contribution >= 4 is 16.8 Å². The van der Waals surface area contributed by atoms with E-state index in [0.717, 1.165) is 23.7 Å². The molecule has 1 saturated heterocycles. The van der Waals surface area contributed by atoms with Crippen molar-refractivity contribution in [3.63, 3.8) is 0 Å². The third kappa shape index (κ3) is 3.27. The Morgan fingerprint density at radius 2 is 2.10 bits per heavy atom. The second-order valence-corrected chi connectivity index (χ2v) is 6.02. The van der Waals surface area contributed by atoms with Gasteiger partial charge in [0, 0.05) is 29.8 Å². The van der Waals surface area contributed by atoms with Crippen molar-refractivity contribution in [3.8, 4) is 0 Å². The summed E-state index contributed by atoms with van der Waals surface area (Å²) in [5, 5.41) is 4.26. The molecule has 4 nitrogen and oxygen atoms in total. The Kier molecular flexibility index (Phi) is 4.25. The van der Waals surface area contributed by atoms with E-state index in [2.05, 4.69) is 17.2 Å². The van der Waals surface area contributed by atoms with Gasteiger partial charge in [0.2, 0.25) is 0 Å². The zero-order valence-corrected chi connectivity index (χ0v) is 12.6. The number of carbonyl (C=O) groups excluding carboxylic acids is 1. The summed E-state index contributed by atoms with van der Waals surface area (Å²) >= 11 is 0. The fourth-order valence-electron chi connectivity index (χ4n) is 3.23. The number of piperidine rings is 1. The van der Waals surface area contributed by atoms with Gasteiger partial charge in [0.05, 0.1) is 19.6 Å². The molecular weight excluding hydrogens is 262 g/mol. The van der Waals surface area contributed by atoms with E-state index in [1.807, 2.05) is 30.3 Å². The van der Waals surface area contributed by atoms with Gasteiger partial charge in [-0.15, -0.1) is 0 Å². The van der Waals surface area contributed by atoms with Crippen LogP contribution in [0.2, 0.25) is 0 Å². The van der Waals surface area contributed by atoms with Crippen LogP contribution in [-0.2, 0) is 0 Å². The van der Waals surface area contributed by atoms with E-state index in [-0.39, 0.29) is 5.91 Å². The molecule has 2 heterocycles. The zero-order chi connectivity index (χ0) is 14.7. The lowest BCUT2D eigenvalue weighted by molar-refractivity contribution is -0.905. The maximum absolute atomic E-state index is 12.3. The molecule has 21 heavy (non-hydrogen) atoms. The minimum atomic E-state index is 0.0233. The molecule has 3 rings (SSSR count). The SMILES string of the molecule is CCC[NH+]1CCC(NC(=O)c2cc3ccccc3[nH]2)CC1. The van der Waals surface area contributed by atoms with E-state index in [0.29, 0.717) is 11.7 Å². The van der Waals surface area contributed by atoms with Crippen molar-refractivity contribution in [2.45, 2.75) is 32.2 Å². The molecule has 4 heteroatoms. The van der Waals surface area contributed by atoms with Crippen molar-refractivity contribution in [2.24, 2.45) is 0 Å². The van der Waals surface area contributed by atoms with Gasteiger partial charge >= 0.3 is 0 Å². The number of hydrogen-bond acceptors (Lipinski definition) is 1. The highest BCUT2D eigenvalue weighted by Gasteiger charge is 2.23. The fraction of sp³-hybridized carbons (Fsp3) is 0.471. The first kappa shape index (κ1) is 14.1. The summed E-state index contributed by atoms with van der Waals surface area (Å²) in [5.74, 6) is 0.0233. The lowest BCUT2D eigenvalue weighted by Crippen LogP contribution is -3.13. The van der Waals surface area contributed by atoms with E-state index < -0.39 is 0 Å². The third-order valence-corrected chi connectivity index (χ3v) is 4.41. The smallest absolute Gasteiger partial charge is 0.267 e. The topological polar surface area (TPSA) is 49.3 Å². The summed E-state index contributed by atoms with van der Waals surface area (Å²) in [6, 6.07) is 10.2. The van der Waals surface area contributed by atoms with Crippen molar-refractivity contribution in [2.75, 3.05) is 19.6 Å². The van der Waals surface area contributed by atoms with Crippen molar-refractivity contribution in [1.82, 2.24) is 10.3 Å². The summed E-state index contributed by atoms with van der Waals surface area (Å²) in [6.45, 7) is 5.83. The highest BCUT2D eigenvalue weighted by molar-refractivity contribution is 5.98. The molecular formula is C17H24N3O+. The monoisotopic (exact) mass is 286 g/mol. The van der Waals surface area contributed by atoms with Crippen LogP contribution in [0, 0.1) is 0 Å². The number of aromatic nitrogens is 1. The summed E-state index contributed by atoms with van der Waals surface area (Å²) in [5.41, 5.74) is 1.68. The molecule has 1 aromatic carbocycles. The number of carbonyl (C=O) groups is 1. The average Bonchev–Trinajstić information content (AvgIpc) is 2.94. The molecule has 2 aromatic rings. The molecule has 112 valence electrons. The van der Waals surface area contributed by atoms with E-state index in [4.69, 9.17) is 0 Å². The largest absolute Gasteiger partial charge is 0.351 e. The molecule has 1 aliphatic rings. The molecule has 0 atom stereocenters. The summed E-state index contributed by atoms with van der Waals surface area (Å²) in [6.07, 6.45) is 3.41. The molecule has 3 N–H and O–H groups in total. The van der Waals surface area contributed by atoms with Crippen molar-refractivity contribution in [3.05, 3.63) is 36.0 Å². The van der Waals surface area contributed by atoms with Gasteiger partial charge in [-0.05, 0) is 18.6 Å². The number of amides is 1. The quantitative estimate of drug-likeness (QED) is 0.781. The van der Waals surface area contributed by atoms with Crippen LogP contribution in [-0.4, -0.2) is 36.6 Å². The van der Waals surface area contributed by atoms with Crippen molar-refractivity contribution < 1.29 is 9.69 Å². The normalized spacial score (nSPS) is 22.3. The van der Waals surface area contributed by atoms with Gasteiger partial charge in [-0.2, -0.15) is 0 Å². The molecule has 1 fully saturated rings. The summed E-state index contributed by atoms with van der Waals surface area (Å²) in [7, 11) is 0. The van der Waals surface area contributed by atoms with Crippen LogP contribution in [0.15, 0.2) is 30.3 Å². The number of fused-ring (bicyclic) bond motifs is 1. The van der Waals surface area contributed by atoms with Crippen LogP contribution in [0.3, 0.4) is 0 Å². The predicted octanol–water partition coefficient (Wildman–Crippen LogP) is 1.35. The van der Waals surface area contributed by atoms with Crippen LogP contribution in [0.4, 0.5) is 0 Å². The lowest BCUT2D eigenvalue weighted by Gasteiger charge is -2.29. The molecule has 0 radical (unpaired) electrons. The van der Waals surface area contributed by atoms with Crippen molar-refractivity contribution in [1.29, 1.82) is 0 Å².